The molecule has 1 amide bonds. The van der Waals surface area contributed by atoms with Crippen LogP contribution in [0.3, 0.4) is 0 Å². The summed E-state index contributed by atoms with van der Waals surface area (Å²) in [6, 6.07) is 8.33. The minimum absolute atomic E-state index is 0.00818. The van der Waals surface area contributed by atoms with Crippen LogP contribution in [0.5, 0.6) is 0 Å². The van der Waals surface area contributed by atoms with Gasteiger partial charge in [-0.05, 0) is 17.4 Å². The first-order chi connectivity index (χ1) is 17.1. The molecule has 1 N–H and O–H groups in total. The third kappa shape index (κ3) is 4.64. The maximum Gasteiger partial charge on any atom is 0.311 e. The molecule has 0 bridgehead atoms. The van der Waals surface area contributed by atoms with Gasteiger partial charge in [0.1, 0.15) is 11.8 Å². The van der Waals surface area contributed by atoms with E-state index in [9.17, 15) is 18.8 Å². The number of rotatable bonds is 8. The normalized spacial score (nSPS) is 25.6. The van der Waals surface area contributed by atoms with E-state index in [0.29, 0.717) is 11.4 Å². The summed E-state index contributed by atoms with van der Waals surface area (Å²) in [7, 11) is 0. The Hall–Kier alpha value is -3.56. The molecule has 9 nitrogen and oxygen atoms in total. The molecule has 0 saturated carbocycles. The molecular weight excluding hydrogens is 469 g/mol. The van der Waals surface area contributed by atoms with Gasteiger partial charge >= 0.3 is 17.7 Å². The molecule has 3 heterocycles. The Kier molecular flexibility index (Phi) is 6.97. The van der Waals surface area contributed by atoms with Crippen molar-refractivity contribution in [2.75, 3.05) is 6.67 Å². The molecule has 0 spiro atoms. The molecule has 4 rings (SSSR count). The molecule has 3 atom stereocenters. The smallest absolute Gasteiger partial charge is 0.311 e. The number of nitrogens with zero attached hydrogens (tertiary/aromatic N) is 2. The van der Waals surface area contributed by atoms with Crippen LogP contribution in [0.25, 0.3) is 10.8 Å². The van der Waals surface area contributed by atoms with Crippen LogP contribution in [0.4, 0.5) is 4.39 Å². The van der Waals surface area contributed by atoms with Gasteiger partial charge in [0.25, 0.3) is 5.91 Å². The predicted octanol–water partition coefficient (Wildman–Crippen LogP) is 3.44. The summed E-state index contributed by atoms with van der Waals surface area (Å²) in [6.07, 6.45) is 1.43. The van der Waals surface area contributed by atoms with Crippen molar-refractivity contribution in [1.29, 1.82) is 0 Å². The summed E-state index contributed by atoms with van der Waals surface area (Å²) in [4.78, 5) is 48.3. The number of halogens is 1. The number of aromatic nitrogens is 1. The van der Waals surface area contributed by atoms with E-state index in [1.54, 1.807) is 33.9 Å². The highest BCUT2D eigenvalue weighted by Crippen LogP contribution is 2.37. The number of pyridine rings is 1. The number of alkyl halides is 1. The van der Waals surface area contributed by atoms with Gasteiger partial charge in [-0.2, -0.15) is 0 Å². The van der Waals surface area contributed by atoms with Gasteiger partial charge in [0, 0.05) is 30.3 Å². The van der Waals surface area contributed by atoms with Gasteiger partial charge in [0.05, 0.1) is 12.1 Å². The minimum Gasteiger partial charge on any atom is -0.417 e. The van der Waals surface area contributed by atoms with Crippen molar-refractivity contribution < 1.29 is 33.1 Å². The number of oxime groups is 1. The van der Waals surface area contributed by atoms with Gasteiger partial charge in [0.15, 0.2) is 6.67 Å². The van der Waals surface area contributed by atoms with Gasteiger partial charge < -0.3 is 19.6 Å². The first-order valence-electron chi connectivity index (χ1n) is 12.0. The molecule has 2 aromatic rings. The molecule has 36 heavy (non-hydrogen) atoms. The predicted molar refractivity (Wildman–Crippen MR) is 128 cm³/mol. The van der Waals surface area contributed by atoms with Crippen LogP contribution >= 0.6 is 0 Å². The van der Waals surface area contributed by atoms with E-state index in [1.807, 2.05) is 30.3 Å². The highest BCUT2D eigenvalue weighted by Gasteiger charge is 2.57. The average Bonchev–Trinajstić information content (AvgIpc) is 3.41. The molecule has 0 aliphatic carbocycles. The Morgan fingerprint density at radius 1 is 1.22 bits per heavy atom. The number of hydrogen-bond donors (Lipinski definition) is 1. The van der Waals surface area contributed by atoms with Gasteiger partial charge in [-0.15, -0.1) is 0 Å². The summed E-state index contributed by atoms with van der Waals surface area (Å²) in [6.45, 7) is 5.90. The lowest BCUT2D eigenvalue weighted by Crippen LogP contribution is -2.60. The van der Waals surface area contributed by atoms with Crippen molar-refractivity contribution in [3.8, 4) is 0 Å². The molecule has 192 valence electrons. The van der Waals surface area contributed by atoms with Crippen molar-refractivity contribution >= 4 is 34.3 Å². The van der Waals surface area contributed by atoms with Gasteiger partial charge in [-0.25, -0.2) is 4.39 Å². The van der Waals surface area contributed by atoms with Gasteiger partial charge in [-0.1, -0.05) is 57.1 Å². The zero-order valence-electron chi connectivity index (χ0n) is 20.7. The molecule has 10 heteroatoms. The maximum atomic E-state index is 14.2. The second-order valence-corrected chi connectivity index (χ2v) is 9.95. The first-order valence-corrected chi connectivity index (χ1v) is 12.0. The molecule has 1 aromatic carbocycles. The van der Waals surface area contributed by atoms with Crippen molar-refractivity contribution in [2.45, 2.75) is 64.4 Å². The molecule has 1 fully saturated rings. The largest absolute Gasteiger partial charge is 0.417 e. The van der Waals surface area contributed by atoms with Gasteiger partial charge in [0.2, 0.25) is 5.60 Å². The Labute approximate surface area is 208 Å². The molecular formula is C26H30FN3O6. The number of benzene rings is 1. The lowest BCUT2D eigenvalue weighted by molar-refractivity contribution is -0.226. The zero-order chi connectivity index (χ0) is 26.1. The van der Waals surface area contributed by atoms with Crippen molar-refractivity contribution in [2.24, 2.45) is 17.0 Å². The van der Waals surface area contributed by atoms with E-state index in [-0.39, 0.29) is 31.1 Å². The monoisotopic (exact) mass is 499 g/mol. The Morgan fingerprint density at radius 3 is 2.67 bits per heavy atom. The lowest BCUT2D eigenvalue weighted by Gasteiger charge is -2.34. The SMILES string of the molecule is CC(C)CC(=O)O[C@]1(CF)OC(=O)C[C@@H]1NC(=O)C1(C(C)C)CC(c2nccc3ccccc23)=NO1. The number of hydrogen-bond acceptors (Lipinski definition) is 8. The van der Waals surface area contributed by atoms with Gasteiger partial charge in [-0.3, -0.25) is 19.4 Å². The average molecular weight is 500 g/mol. The van der Waals surface area contributed by atoms with Crippen LogP contribution in [0.15, 0.2) is 41.7 Å². The second kappa shape index (κ2) is 9.83. The third-order valence-electron chi connectivity index (χ3n) is 6.55. The zero-order valence-corrected chi connectivity index (χ0v) is 20.7. The molecule has 0 radical (unpaired) electrons. The standard InChI is InChI=1S/C26H30FN3O6/c1-15(2)11-21(31)34-26(14-27)20(12-22(32)35-26)29-24(33)25(16(3)4)13-19(30-36-25)23-18-8-6-5-7-17(18)9-10-28-23/h5-10,15-16,20H,11-14H2,1-4H3,(H,29,33)/t20-,25?,26+/m0/s1. The summed E-state index contributed by atoms with van der Waals surface area (Å²) in [5, 5.41) is 8.71. The Balaban J connectivity index is 1.58. The number of esters is 2. The van der Waals surface area contributed by atoms with Crippen molar-refractivity contribution in [3.05, 3.63) is 42.2 Å². The molecule has 2 aliphatic heterocycles. The quantitative estimate of drug-likeness (QED) is 0.553. The maximum absolute atomic E-state index is 14.2. The van der Waals surface area contributed by atoms with E-state index < -0.39 is 42.0 Å². The summed E-state index contributed by atoms with van der Waals surface area (Å²) in [5.41, 5.74) is -0.345. The second-order valence-electron chi connectivity index (χ2n) is 9.95. The number of fused-ring (bicyclic) bond motifs is 1. The van der Waals surface area contributed by atoms with Crippen LogP contribution in [-0.4, -0.2) is 52.6 Å². The molecule has 2 aliphatic rings. The molecule has 1 aromatic heterocycles. The fourth-order valence-corrected chi connectivity index (χ4v) is 4.50. The van der Waals surface area contributed by atoms with E-state index in [4.69, 9.17) is 14.3 Å². The fourth-order valence-electron chi connectivity index (χ4n) is 4.50. The summed E-state index contributed by atoms with van der Waals surface area (Å²) >= 11 is 0. The van der Waals surface area contributed by atoms with Crippen molar-refractivity contribution in [1.82, 2.24) is 10.3 Å². The third-order valence-corrected chi connectivity index (χ3v) is 6.55. The van der Waals surface area contributed by atoms with Crippen LogP contribution in [0, 0.1) is 11.8 Å². The van der Waals surface area contributed by atoms with Crippen LogP contribution in [-0.2, 0) is 28.7 Å². The molecule has 1 unspecified atom stereocenters. The number of carbonyl (C=O) groups excluding carboxylic acids is 3. The van der Waals surface area contributed by atoms with E-state index in [0.717, 1.165) is 10.8 Å². The van der Waals surface area contributed by atoms with Crippen LogP contribution in [0.2, 0.25) is 0 Å². The Bertz CT molecular complexity index is 1210. The van der Waals surface area contributed by atoms with E-state index in [2.05, 4.69) is 15.5 Å². The van der Waals surface area contributed by atoms with E-state index >= 15 is 0 Å². The van der Waals surface area contributed by atoms with Crippen molar-refractivity contribution in [3.63, 3.8) is 0 Å². The molecule has 1 saturated heterocycles. The summed E-state index contributed by atoms with van der Waals surface area (Å²) < 4.78 is 24.6. The number of ether oxygens (including phenoxy) is 2. The Morgan fingerprint density at radius 2 is 1.97 bits per heavy atom. The lowest BCUT2D eigenvalue weighted by atomic mass is 9.83. The number of amides is 1. The highest BCUT2D eigenvalue weighted by atomic mass is 19.1. The summed E-state index contributed by atoms with van der Waals surface area (Å²) in [5.74, 6) is -4.74. The van der Waals surface area contributed by atoms with Crippen LogP contribution in [0.1, 0.15) is 52.7 Å². The topological polar surface area (TPSA) is 116 Å². The fraction of sp³-hybridized carbons (Fsp3) is 0.500. The number of nitrogens with one attached hydrogen (secondary N) is 1. The minimum atomic E-state index is -2.23. The van der Waals surface area contributed by atoms with E-state index in [1.165, 1.54) is 0 Å². The first kappa shape index (κ1) is 25.5. The van der Waals surface area contributed by atoms with Crippen LogP contribution < -0.4 is 5.32 Å². The highest BCUT2D eigenvalue weighted by molar-refractivity contribution is 6.11. The number of carbonyl (C=O) groups is 3. The number of cyclic esters (lactones) is 1.